The highest BCUT2D eigenvalue weighted by Crippen LogP contribution is 2.20. The van der Waals surface area contributed by atoms with E-state index in [0.717, 1.165) is 12.1 Å². The van der Waals surface area contributed by atoms with E-state index in [-0.39, 0.29) is 5.91 Å². The molecule has 1 unspecified atom stereocenters. The molecule has 0 saturated carbocycles. The fourth-order valence-electron chi connectivity index (χ4n) is 1.93. The topological polar surface area (TPSA) is 70.6 Å². The molecule has 1 aromatic carbocycles. The Bertz CT molecular complexity index is 520. The monoisotopic (exact) mass is 259 g/mol. The van der Waals surface area contributed by atoms with Gasteiger partial charge in [0, 0.05) is 0 Å². The predicted molar refractivity (Wildman–Crippen MR) is 73.0 cm³/mol. The van der Waals surface area contributed by atoms with Gasteiger partial charge in [-0.05, 0) is 19.0 Å². The van der Waals surface area contributed by atoms with E-state index in [1.165, 1.54) is 0 Å². The summed E-state index contributed by atoms with van der Waals surface area (Å²) in [4.78, 5) is 27.9. The summed E-state index contributed by atoms with van der Waals surface area (Å²) in [6, 6.07) is 7.35. The average Bonchev–Trinajstić information content (AvgIpc) is 2.38. The van der Waals surface area contributed by atoms with E-state index in [1.807, 2.05) is 26.0 Å². The van der Waals surface area contributed by atoms with Crippen molar-refractivity contribution in [3.63, 3.8) is 0 Å². The largest absolute Gasteiger partial charge is 0.312 e. The first-order valence-corrected chi connectivity index (χ1v) is 6.31. The third-order valence-electron chi connectivity index (χ3n) is 2.97. The normalized spacial score (nSPS) is 19.1. The van der Waals surface area contributed by atoms with Gasteiger partial charge >= 0.3 is 0 Å². The summed E-state index contributed by atoms with van der Waals surface area (Å²) in [6.45, 7) is 5.06. The van der Waals surface area contributed by atoms with Crippen molar-refractivity contribution in [2.24, 2.45) is 4.99 Å². The molecule has 0 saturated heterocycles. The summed E-state index contributed by atoms with van der Waals surface area (Å²) in [7, 11) is 0. The lowest BCUT2D eigenvalue weighted by atomic mass is 9.95. The number of aryl methyl sites for hydroxylation is 1. The molecule has 0 bridgehead atoms. The third-order valence-corrected chi connectivity index (χ3v) is 2.97. The Morgan fingerprint density at radius 2 is 1.95 bits per heavy atom. The van der Waals surface area contributed by atoms with Gasteiger partial charge in [0.25, 0.3) is 5.91 Å². The summed E-state index contributed by atoms with van der Waals surface area (Å²) in [6.07, 6.45) is 0. The lowest BCUT2D eigenvalue weighted by molar-refractivity contribution is -0.129. The lowest BCUT2D eigenvalue weighted by Crippen LogP contribution is -2.46. The van der Waals surface area contributed by atoms with Gasteiger partial charge in [-0.25, -0.2) is 0 Å². The van der Waals surface area contributed by atoms with Gasteiger partial charge in [-0.3, -0.25) is 9.59 Å². The van der Waals surface area contributed by atoms with Crippen molar-refractivity contribution in [2.75, 3.05) is 13.1 Å². The standard InChI is InChI=1S/C14H17N3O2/c1-3-15-8-11-16-13(18)12(14(19)17-11)10-6-4-9(2)5-7-10/h4-7,12,15H,3,8H2,1-2H3,(H,16,17,18,19). The van der Waals surface area contributed by atoms with E-state index in [0.29, 0.717) is 17.9 Å². The second kappa shape index (κ2) is 5.75. The SMILES string of the molecule is CCNCC1=NC(=O)C(c2ccc(C)cc2)C(=O)N1. The van der Waals surface area contributed by atoms with Crippen molar-refractivity contribution in [1.29, 1.82) is 0 Å². The zero-order valence-electron chi connectivity index (χ0n) is 11.1. The van der Waals surface area contributed by atoms with Crippen LogP contribution in [0, 0.1) is 6.92 Å². The Kier molecular flexibility index (Phi) is 4.06. The first kappa shape index (κ1) is 13.4. The van der Waals surface area contributed by atoms with E-state index >= 15 is 0 Å². The number of amidine groups is 1. The molecule has 0 aromatic heterocycles. The molecule has 5 nitrogen and oxygen atoms in total. The summed E-state index contributed by atoms with van der Waals surface area (Å²) in [5.41, 5.74) is 1.77. The quantitative estimate of drug-likeness (QED) is 0.784. The Morgan fingerprint density at radius 3 is 2.53 bits per heavy atom. The smallest absolute Gasteiger partial charge is 0.264 e. The Labute approximate surface area is 112 Å². The van der Waals surface area contributed by atoms with Gasteiger partial charge < -0.3 is 10.6 Å². The third kappa shape index (κ3) is 3.06. The van der Waals surface area contributed by atoms with E-state index in [1.54, 1.807) is 12.1 Å². The first-order valence-electron chi connectivity index (χ1n) is 6.31. The zero-order valence-corrected chi connectivity index (χ0v) is 11.1. The van der Waals surface area contributed by atoms with Crippen LogP contribution in [0.2, 0.25) is 0 Å². The Hall–Kier alpha value is -2.01. The predicted octanol–water partition coefficient (Wildman–Crippen LogP) is 0.743. The van der Waals surface area contributed by atoms with Gasteiger partial charge in [-0.15, -0.1) is 0 Å². The van der Waals surface area contributed by atoms with Crippen LogP contribution in [0.4, 0.5) is 0 Å². The number of carbonyl (C=O) groups is 2. The van der Waals surface area contributed by atoms with Gasteiger partial charge in [-0.1, -0.05) is 36.8 Å². The van der Waals surface area contributed by atoms with Gasteiger partial charge in [0.05, 0.1) is 6.54 Å². The van der Waals surface area contributed by atoms with Gasteiger partial charge in [0.15, 0.2) is 0 Å². The molecular formula is C14H17N3O2. The minimum atomic E-state index is -0.828. The molecule has 0 spiro atoms. The fourth-order valence-corrected chi connectivity index (χ4v) is 1.93. The Balaban J connectivity index is 2.20. The molecule has 1 heterocycles. The van der Waals surface area contributed by atoms with Crippen LogP contribution in [0.15, 0.2) is 29.3 Å². The highest BCUT2D eigenvalue weighted by molar-refractivity contribution is 6.19. The Morgan fingerprint density at radius 1 is 1.26 bits per heavy atom. The highest BCUT2D eigenvalue weighted by Gasteiger charge is 2.32. The second-order valence-corrected chi connectivity index (χ2v) is 4.51. The zero-order chi connectivity index (χ0) is 13.8. The summed E-state index contributed by atoms with van der Waals surface area (Å²) in [5.74, 6) is -1.15. The van der Waals surface area contributed by atoms with Crippen molar-refractivity contribution in [3.05, 3.63) is 35.4 Å². The maximum Gasteiger partial charge on any atom is 0.264 e. The molecule has 0 aliphatic carbocycles. The molecule has 5 heteroatoms. The number of nitrogens with one attached hydrogen (secondary N) is 2. The minimum absolute atomic E-state index is 0.309. The van der Waals surface area contributed by atoms with E-state index in [4.69, 9.17) is 0 Å². The number of rotatable bonds is 4. The van der Waals surface area contributed by atoms with Crippen LogP contribution in [0.5, 0.6) is 0 Å². The lowest BCUT2D eigenvalue weighted by Gasteiger charge is -2.20. The van der Waals surface area contributed by atoms with Crippen LogP contribution >= 0.6 is 0 Å². The van der Waals surface area contributed by atoms with Gasteiger partial charge in [0.2, 0.25) is 5.91 Å². The van der Waals surface area contributed by atoms with Crippen LogP contribution < -0.4 is 10.6 Å². The molecule has 100 valence electrons. The molecule has 2 rings (SSSR count). The van der Waals surface area contributed by atoms with E-state index < -0.39 is 11.8 Å². The highest BCUT2D eigenvalue weighted by atomic mass is 16.2. The van der Waals surface area contributed by atoms with Crippen molar-refractivity contribution in [1.82, 2.24) is 10.6 Å². The number of hydrogen-bond donors (Lipinski definition) is 2. The molecule has 2 amide bonds. The van der Waals surface area contributed by atoms with Crippen molar-refractivity contribution in [3.8, 4) is 0 Å². The van der Waals surface area contributed by atoms with E-state index in [9.17, 15) is 9.59 Å². The van der Waals surface area contributed by atoms with Crippen molar-refractivity contribution < 1.29 is 9.59 Å². The molecule has 1 aliphatic rings. The summed E-state index contributed by atoms with van der Waals surface area (Å²) < 4.78 is 0. The molecular weight excluding hydrogens is 242 g/mol. The molecule has 0 radical (unpaired) electrons. The molecule has 2 N–H and O–H groups in total. The van der Waals surface area contributed by atoms with Crippen LogP contribution in [-0.4, -0.2) is 30.7 Å². The van der Waals surface area contributed by atoms with Crippen molar-refractivity contribution in [2.45, 2.75) is 19.8 Å². The summed E-state index contributed by atoms with van der Waals surface area (Å²) in [5, 5.41) is 5.70. The average molecular weight is 259 g/mol. The molecule has 19 heavy (non-hydrogen) atoms. The molecule has 1 atom stereocenters. The van der Waals surface area contributed by atoms with Crippen LogP contribution in [0.3, 0.4) is 0 Å². The number of benzene rings is 1. The number of aliphatic imine (C=N–C) groups is 1. The second-order valence-electron chi connectivity index (χ2n) is 4.51. The number of carbonyl (C=O) groups excluding carboxylic acids is 2. The van der Waals surface area contributed by atoms with Crippen LogP contribution in [-0.2, 0) is 9.59 Å². The molecule has 0 fully saturated rings. The molecule has 1 aliphatic heterocycles. The van der Waals surface area contributed by atoms with Gasteiger partial charge in [-0.2, -0.15) is 4.99 Å². The maximum absolute atomic E-state index is 12.0. The summed E-state index contributed by atoms with van der Waals surface area (Å²) >= 11 is 0. The number of likely N-dealkylation sites (N-methyl/N-ethyl adjacent to an activating group) is 1. The number of hydrogen-bond acceptors (Lipinski definition) is 3. The van der Waals surface area contributed by atoms with Crippen LogP contribution in [0.1, 0.15) is 24.0 Å². The molecule has 1 aromatic rings. The van der Waals surface area contributed by atoms with Crippen LogP contribution in [0.25, 0.3) is 0 Å². The maximum atomic E-state index is 12.0. The fraction of sp³-hybridized carbons (Fsp3) is 0.357. The van der Waals surface area contributed by atoms with Crippen molar-refractivity contribution >= 4 is 17.6 Å². The number of amides is 2. The number of nitrogens with zero attached hydrogens (tertiary/aromatic N) is 1. The van der Waals surface area contributed by atoms with E-state index in [2.05, 4.69) is 15.6 Å². The van der Waals surface area contributed by atoms with Gasteiger partial charge in [0.1, 0.15) is 11.8 Å². The minimum Gasteiger partial charge on any atom is -0.312 e. The first-order chi connectivity index (χ1) is 9.11.